The zero-order valence-corrected chi connectivity index (χ0v) is 14.8. The van der Waals surface area contributed by atoms with Crippen molar-refractivity contribution in [3.05, 3.63) is 45.3 Å². The molecule has 0 bridgehead atoms. The van der Waals surface area contributed by atoms with Gasteiger partial charge in [0.2, 0.25) is 0 Å². The lowest BCUT2D eigenvalue weighted by molar-refractivity contribution is 0.102. The van der Waals surface area contributed by atoms with Crippen molar-refractivity contribution in [2.75, 3.05) is 11.6 Å². The molecule has 1 aromatic carbocycles. The number of hydrogen-bond acceptors (Lipinski definition) is 5. The molecule has 0 fully saturated rings. The first kappa shape index (κ1) is 17.5. The van der Waals surface area contributed by atoms with Crippen LogP contribution in [-0.4, -0.2) is 20.6 Å². The monoisotopic (exact) mass is 368 g/mol. The fourth-order valence-electron chi connectivity index (χ4n) is 1.90. The number of sulfone groups is 1. The maximum Gasteiger partial charge on any atom is 0.256 e. The zero-order chi connectivity index (χ0) is 17.2. The zero-order valence-electron chi connectivity index (χ0n) is 12.4. The number of rotatable bonds is 4. The van der Waals surface area contributed by atoms with Gasteiger partial charge in [-0.3, -0.25) is 4.79 Å². The van der Waals surface area contributed by atoms with Crippen LogP contribution in [0.3, 0.4) is 0 Å². The number of anilines is 1. The van der Waals surface area contributed by atoms with Gasteiger partial charge in [0, 0.05) is 16.7 Å². The van der Waals surface area contributed by atoms with Gasteiger partial charge in [-0.15, -0.1) is 11.3 Å². The quantitative estimate of drug-likeness (QED) is 0.894. The van der Waals surface area contributed by atoms with Crippen molar-refractivity contribution in [2.45, 2.75) is 18.2 Å². The highest BCUT2D eigenvalue weighted by Gasteiger charge is 2.17. The number of nitrogens with zero attached hydrogens (tertiary/aromatic N) is 1. The largest absolute Gasteiger partial charge is 0.312 e. The topological polar surface area (TPSA) is 87.0 Å². The van der Waals surface area contributed by atoms with E-state index in [0.717, 1.165) is 17.6 Å². The molecule has 1 N–H and O–H groups in total. The molecule has 2 rings (SSSR count). The fourth-order valence-corrected chi connectivity index (χ4v) is 4.14. The molecule has 5 nitrogen and oxygen atoms in total. The van der Waals surface area contributed by atoms with E-state index in [0.29, 0.717) is 10.6 Å². The highest BCUT2D eigenvalue weighted by Crippen LogP contribution is 2.29. The molecule has 120 valence electrons. The Kier molecular flexibility index (Phi) is 5.09. The van der Waals surface area contributed by atoms with Crippen molar-refractivity contribution >= 4 is 43.7 Å². The molecular formula is C15H13ClN2O3S2. The van der Waals surface area contributed by atoms with Crippen LogP contribution in [0, 0.1) is 11.3 Å². The minimum Gasteiger partial charge on any atom is -0.312 e. The highest BCUT2D eigenvalue weighted by atomic mass is 35.5. The molecule has 2 aromatic rings. The first-order valence-electron chi connectivity index (χ1n) is 6.60. The van der Waals surface area contributed by atoms with Crippen LogP contribution in [0.15, 0.2) is 29.2 Å². The molecule has 0 aliphatic carbocycles. The number of aryl methyl sites for hydroxylation is 1. The molecule has 0 saturated heterocycles. The number of halogens is 1. The van der Waals surface area contributed by atoms with Crippen LogP contribution >= 0.6 is 22.9 Å². The molecule has 0 spiro atoms. The van der Waals surface area contributed by atoms with E-state index in [1.54, 1.807) is 6.07 Å². The Balaban J connectivity index is 2.36. The summed E-state index contributed by atoms with van der Waals surface area (Å²) in [6.07, 6.45) is 1.78. The summed E-state index contributed by atoms with van der Waals surface area (Å²) in [5.74, 6) is -0.493. The van der Waals surface area contributed by atoms with Gasteiger partial charge in [0.15, 0.2) is 9.84 Å². The van der Waals surface area contributed by atoms with Crippen LogP contribution < -0.4 is 5.32 Å². The van der Waals surface area contributed by atoms with E-state index in [1.165, 1.54) is 29.5 Å². The summed E-state index contributed by atoms with van der Waals surface area (Å²) >= 11 is 7.18. The van der Waals surface area contributed by atoms with Gasteiger partial charge >= 0.3 is 0 Å². The summed E-state index contributed by atoms with van der Waals surface area (Å²) in [6, 6.07) is 7.79. The van der Waals surface area contributed by atoms with Gasteiger partial charge in [0.05, 0.1) is 15.5 Å². The van der Waals surface area contributed by atoms with E-state index in [-0.39, 0.29) is 15.5 Å². The minimum atomic E-state index is -3.54. The van der Waals surface area contributed by atoms with E-state index in [2.05, 4.69) is 5.32 Å². The predicted molar refractivity (Wildman–Crippen MR) is 90.9 cm³/mol. The van der Waals surface area contributed by atoms with Crippen LogP contribution in [0.1, 0.15) is 27.7 Å². The van der Waals surface area contributed by atoms with E-state index in [4.69, 9.17) is 16.9 Å². The van der Waals surface area contributed by atoms with Crippen LogP contribution in [0.4, 0.5) is 5.00 Å². The first-order chi connectivity index (χ1) is 10.8. The van der Waals surface area contributed by atoms with Crippen molar-refractivity contribution < 1.29 is 13.2 Å². The fraction of sp³-hybridized carbons (Fsp3) is 0.200. The first-order valence-corrected chi connectivity index (χ1v) is 9.68. The molecule has 0 aliphatic rings. The van der Waals surface area contributed by atoms with Gasteiger partial charge < -0.3 is 5.32 Å². The predicted octanol–water partition coefficient (Wildman–Crippen LogP) is 3.49. The van der Waals surface area contributed by atoms with Crippen LogP contribution in [0.25, 0.3) is 0 Å². The van der Waals surface area contributed by atoms with Crippen LogP contribution in [0.2, 0.25) is 5.02 Å². The summed E-state index contributed by atoms with van der Waals surface area (Å²) in [6.45, 7) is 1.95. The molecule has 23 heavy (non-hydrogen) atoms. The second-order valence-corrected chi connectivity index (χ2v) is 8.32. The molecule has 1 heterocycles. The lowest BCUT2D eigenvalue weighted by atomic mass is 10.2. The van der Waals surface area contributed by atoms with Gasteiger partial charge in [0.25, 0.3) is 5.91 Å². The summed E-state index contributed by atoms with van der Waals surface area (Å²) in [5, 5.41) is 12.3. The van der Waals surface area contributed by atoms with Gasteiger partial charge in [-0.25, -0.2) is 8.42 Å². The maximum atomic E-state index is 12.3. The third kappa shape index (κ3) is 3.91. The smallest absolute Gasteiger partial charge is 0.256 e. The summed E-state index contributed by atoms with van der Waals surface area (Å²) in [5.41, 5.74) is 0.544. The number of nitrogens with one attached hydrogen (secondary N) is 1. The summed E-state index contributed by atoms with van der Waals surface area (Å²) in [7, 11) is -3.54. The maximum absolute atomic E-state index is 12.3. The third-order valence-corrected chi connectivity index (χ3v) is 5.85. The number of carbonyl (C=O) groups is 1. The molecule has 0 radical (unpaired) electrons. The van der Waals surface area contributed by atoms with Gasteiger partial charge in [0.1, 0.15) is 11.1 Å². The summed E-state index contributed by atoms with van der Waals surface area (Å²) in [4.78, 5) is 13.2. The molecule has 8 heteroatoms. The van der Waals surface area contributed by atoms with E-state index in [9.17, 15) is 13.2 Å². The molecular weight excluding hydrogens is 356 g/mol. The Labute approximate surface area is 143 Å². The average Bonchev–Trinajstić information content (AvgIpc) is 2.88. The number of nitriles is 1. The lowest BCUT2D eigenvalue weighted by Crippen LogP contribution is -2.12. The molecule has 0 saturated carbocycles. The second-order valence-electron chi connectivity index (χ2n) is 4.79. The number of amides is 1. The molecule has 0 unspecified atom stereocenters. The van der Waals surface area contributed by atoms with Crippen molar-refractivity contribution in [2.24, 2.45) is 0 Å². The lowest BCUT2D eigenvalue weighted by Gasteiger charge is -2.07. The number of benzene rings is 1. The average molecular weight is 369 g/mol. The Hall–Kier alpha value is -1.88. The third-order valence-electron chi connectivity index (χ3n) is 3.07. The Morgan fingerprint density at radius 1 is 1.39 bits per heavy atom. The second kappa shape index (κ2) is 6.71. The number of thiophene rings is 1. The highest BCUT2D eigenvalue weighted by molar-refractivity contribution is 7.90. The Morgan fingerprint density at radius 2 is 2.09 bits per heavy atom. The van der Waals surface area contributed by atoms with Gasteiger partial charge in [-0.2, -0.15) is 5.26 Å². The molecule has 1 amide bonds. The Morgan fingerprint density at radius 3 is 2.65 bits per heavy atom. The van der Waals surface area contributed by atoms with E-state index < -0.39 is 15.7 Å². The van der Waals surface area contributed by atoms with Crippen molar-refractivity contribution in [1.29, 1.82) is 5.26 Å². The van der Waals surface area contributed by atoms with Crippen molar-refractivity contribution in [3.63, 3.8) is 0 Å². The molecule has 1 aromatic heterocycles. The van der Waals surface area contributed by atoms with Gasteiger partial charge in [-0.05, 0) is 30.7 Å². The number of carbonyl (C=O) groups excluding carboxylic acids is 1. The van der Waals surface area contributed by atoms with E-state index in [1.807, 2.05) is 13.0 Å². The normalized spacial score (nSPS) is 11.0. The van der Waals surface area contributed by atoms with Crippen molar-refractivity contribution in [3.8, 4) is 6.07 Å². The van der Waals surface area contributed by atoms with Crippen molar-refractivity contribution in [1.82, 2.24) is 0 Å². The Bertz CT molecular complexity index is 911. The standard InChI is InChI=1S/C15H13ClN2O3S2/c1-3-11-6-10(8-17)15(22-11)18-14(19)9-4-5-12(16)13(7-9)23(2,20)21/h4-7H,3H2,1-2H3,(H,18,19). The van der Waals surface area contributed by atoms with Crippen LogP contribution in [-0.2, 0) is 16.3 Å². The van der Waals surface area contributed by atoms with Crippen LogP contribution in [0.5, 0.6) is 0 Å². The van der Waals surface area contributed by atoms with E-state index >= 15 is 0 Å². The van der Waals surface area contributed by atoms with Gasteiger partial charge in [-0.1, -0.05) is 18.5 Å². The minimum absolute atomic E-state index is 0.0613. The molecule has 0 atom stereocenters. The molecule has 0 aliphatic heterocycles. The number of hydrogen-bond donors (Lipinski definition) is 1. The SMILES string of the molecule is CCc1cc(C#N)c(NC(=O)c2ccc(Cl)c(S(C)(=O)=O)c2)s1. The summed E-state index contributed by atoms with van der Waals surface area (Å²) < 4.78 is 23.3.